The number of carboxylic acids is 1. The van der Waals surface area contributed by atoms with E-state index in [-0.39, 0.29) is 0 Å². The van der Waals surface area contributed by atoms with Gasteiger partial charge in [-0.15, -0.1) is 0 Å². The fourth-order valence-corrected chi connectivity index (χ4v) is 2.93. The van der Waals surface area contributed by atoms with E-state index < -0.39 is 11.4 Å². The van der Waals surface area contributed by atoms with Gasteiger partial charge in [-0.2, -0.15) is 5.10 Å². The average molecular weight is 301 g/mol. The Morgan fingerprint density at radius 1 is 1.40 bits per heavy atom. The summed E-state index contributed by atoms with van der Waals surface area (Å²) in [6.07, 6.45) is 4.39. The standard InChI is InChI=1S/C15H25ClN2O2/c1-5-8-9-15(7-3,14(19)20)10-12-13(16)11(6-2)17-18(12)4/h5-10H2,1-4H3,(H,19,20). The lowest BCUT2D eigenvalue weighted by molar-refractivity contribution is -0.149. The molecule has 1 unspecified atom stereocenters. The molecule has 1 N–H and O–H groups in total. The molecule has 0 saturated carbocycles. The number of hydrogen-bond donors (Lipinski definition) is 1. The first-order chi connectivity index (χ1) is 9.41. The number of rotatable bonds is 8. The Morgan fingerprint density at radius 3 is 2.45 bits per heavy atom. The Kier molecular flexibility index (Phi) is 6.06. The van der Waals surface area contributed by atoms with Crippen LogP contribution >= 0.6 is 11.6 Å². The molecule has 1 rings (SSSR count). The number of carbonyl (C=O) groups is 1. The largest absolute Gasteiger partial charge is 0.481 e. The smallest absolute Gasteiger partial charge is 0.310 e. The zero-order valence-corrected chi connectivity index (χ0v) is 13.6. The maximum atomic E-state index is 11.8. The molecule has 1 heterocycles. The quantitative estimate of drug-likeness (QED) is 0.793. The number of aromatic nitrogens is 2. The second-order valence-electron chi connectivity index (χ2n) is 5.40. The maximum Gasteiger partial charge on any atom is 0.310 e. The molecule has 1 atom stereocenters. The molecule has 0 radical (unpaired) electrons. The zero-order valence-electron chi connectivity index (χ0n) is 12.9. The molecule has 0 spiro atoms. The highest BCUT2D eigenvalue weighted by Gasteiger charge is 2.38. The van der Waals surface area contributed by atoms with Gasteiger partial charge in [-0.1, -0.05) is 45.2 Å². The summed E-state index contributed by atoms with van der Waals surface area (Å²) >= 11 is 6.36. The SMILES string of the molecule is CCCCC(CC)(Cc1c(Cl)c(CC)nn1C)C(=O)O. The van der Waals surface area contributed by atoms with E-state index in [4.69, 9.17) is 11.6 Å². The summed E-state index contributed by atoms with van der Waals surface area (Å²) in [7, 11) is 1.84. The van der Waals surface area contributed by atoms with Gasteiger partial charge in [0.15, 0.2) is 0 Å². The van der Waals surface area contributed by atoms with Gasteiger partial charge in [0, 0.05) is 13.5 Å². The zero-order chi connectivity index (χ0) is 15.3. The monoisotopic (exact) mass is 300 g/mol. The first-order valence-corrected chi connectivity index (χ1v) is 7.73. The third-order valence-electron chi connectivity index (χ3n) is 4.15. The van der Waals surface area contributed by atoms with E-state index in [1.165, 1.54) is 0 Å². The van der Waals surface area contributed by atoms with Crippen molar-refractivity contribution in [2.45, 2.75) is 59.3 Å². The van der Waals surface area contributed by atoms with Crippen molar-refractivity contribution in [1.82, 2.24) is 9.78 Å². The minimum atomic E-state index is -0.738. The topological polar surface area (TPSA) is 55.1 Å². The van der Waals surface area contributed by atoms with Crippen molar-refractivity contribution in [3.8, 4) is 0 Å². The minimum Gasteiger partial charge on any atom is -0.481 e. The average Bonchev–Trinajstić information content (AvgIpc) is 2.69. The Balaban J connectivity index is 3.12. The van der Waals surface area contributed by atoms with Crippen LogP contribution in [-0.2, 0) is 24.7 Å². The molecule has 0 fully saturated rings. The van der Waals surface area contributed by atoms with Crippen LogP contribution in [0.25, 0.3) is 0 Å². The molecule has 0 aromatic carbocycles. The normalized spacial score (nSPS) is 14.2. The number of halogens is 1. The van der Waals surface area contributed by atoms with Gasteiger partial charge in [0.25, 0.3) is 0 Å². The van der Waals surface area contributed by atoms with Crippen LogP contribution in [0.4, 0.5) is 0 Å². The minimum absolute atomic E-state index is 0.446. The maximum absolute atomic E-state index is 11.8. The van der Waals surface area contributed by atoms with Crippen molar-refractivity contribution in [2.24, 2.45) is 12.5 Å². The van der Waals surface area contributed by atoms with Crippen molar-refractivity contribution >= 4 is 17.6 Å². The second kappa shape index (κ2) is 7.11. The van der Waals surface area contributed by atoms with Crippen LogP contribution in [-0.4, -0.2) is 20.9 Å². The lowest BCUT2D eigenvalue weighted by Crippen LogP contribution is -2.33. The van der Waals surface area contributed by atoms with Gasteiger partial charge in [-0.25, -0.2) is 0 Å². The molecule has 1 aromatic rings. The molecule has 0 aliphatic heterocycles. The molecule has 0 aliphatic rings. The predicted molar refractivity (Wildman–Crippen MR) is 81.2 cm³/mol. The Hall–Kier alpha value is -1.03. The van der Waals surface area contributed by atoms with Crippen molar-refractivity contribution in [1.29, 1.82) is 0 Å². The van der Waals surface area contributed by atoms with E-state index >= 15 is 0 Å². The van der Waals surface area contributed by atoms with E-state index in [2.05, 4.69) is 12.0 Å². The van der Waals surface area contributed by atoms with Crippen LogP contribution in [0.5, 0.6) is 0 Å². The number of nitrogens with zero attached hydrogens (tertiary/aromatic N) is 2. The molecule has 5 heteroatoms. The van der Waals surface area contributed by atoms with Crippen LogP contribution in [0.2, 0.25) is 5.02 Å². The molecule has 0 saturated heterocycles. The summed E-state index contributed by atoms with van der Waals surface area (Å²) in [6.45, 7) is 6.02. The number of hydrogen-bond acceptors (Lipinski definition) is 2. The molecule has 4 nitrogen and oxygen atoms in total. The Bertz CT molecular complexity index is 471. The Labute approximate surface area is 126 Å². The molecule has 0 amide bonds. The molecular formula is C15H25ClN2O2. The highest BCUT2D eigenvalue weighted by molar-refractivity contribution is 6.31. The van der Waals surface area contributed by atoms with Crippen molar-refractivity contribution in [3.05, 3.63) is 16.4 Å². The van der Waals surface area contributed by atoms with Gasteiger partial charge in [-0.3, -0.25) is 9.48 Å². The molecule has 0 aliphatic carbocycles. The summed E-state index contributed by atoms with van der Waals surface area (Å²) < 4.78 is 1.74. The Morgan fingerprint density at radius 2 is 2.05 bits per heavy atom. The summed E-state index contributed by atoms with van der Waals surface area (Å²) in [5, 5.41) is 14.7. The predicted octanol–water partition coefficient (Wildman–Crippen LogP) is 3.85. The molecule has 0 bridgehead atoms. The first-order valence-electron chi connectivity index (χ1n) is 7.35. The van der Waals surface area contributed by atoms with E-state index in [0.717, 1.165) is 30.7 Å². The van der Waals surface area contributed by atoms with Crippen LogP contribution in [0.1, 0.15) is 57.8 Å². The summed E-state index contributed by atoms with van der Waals surface area (Å²) in [6, 6.07) is 0. The van der Waals surface area contributed by atoms with Crippen LogP contribution in [0, 0.1) is 5.41 Å². The van der Waals surface area contributed by atoms with Crippen LogP contribution in [0.15, 0.2) is 0 Å². The summed E-state index contributed by atoms with van der Waals surface area (Å²) in [5.74, 6) is -0.733. The van der Waals surface area contributed by atoms with Gasteiger partial charge in [0.1, 0.15) is 0 Å². The number of carboxylic acid groups (broad SMARTS) is 1. The fourth-order valence-electron chi connectivity index (χ4n) is 2.57. The molecule has 1 aromatic heterocycles. The first kappa shape index (κ1) is 17.0. The highest BCUT2D eigenvalue weighted by Crippen LogP contribution is 2.36. The number of aryl methyl sites for hydroxylation is 2. The van der Waals surface area contributed by atoms with Crippen LogP contribution < -0.4 is 0 Å². The summed E-state index contributed by atoms with van der Waals surface area (Å²) in [5.41, 5.74) is 0.942. The number of unbranched alkanes of at least 4 members (excludes halogenated alkanes) is 1. The van der Waals surface area contributed by atoms with Crippen molar-refractivity contribution in [3.63, 3.8) is 0 Å². The van der Waals surface area contributed by atoms with Gasteiger partial charge < -0.3 is 5.11 Å². The highest BCUT2D eigenvalue weighted by atomic mass is 35.5. The second-order valence-corrected chi connectivity index (χ2v) is 5.78. The molecular weight excluding hydrogens is 276 g/mol. The van der Waals surface area contributed by atoms with Gasteiger partial charge in [-0.05, 0) is 19.3 Å². The van der Waals surface area contributed by atoms with Gasteiger partial charge in [0.2, 0.25) is 0 Å². The number of aliphatic carboxylic acids is 1. The van der Waals surface area contributed by atoms with Crippen LogP contribution in [0.3, 0.4) is 0 Å². The summed E-state index contributed by atoms with van der Waals surface area (Å²) in [4.78, 5) is 11.8. The lowest BCUT2D eigenvalue weighted by Gasteiger charge is -2.28. The van der Waals surface area contributed by atoms with E-state index in [0.29, 0.717) is 24.3 Å². The fraction of sp³-hybridized carbons (Fsp3) is 0.733. The molecule has 114 valence electrons. The molecule has 20 heavy (non-hydrogen) atoms. The van der Waals surface area contributed by atoms with E-state index in [9.17, 15) is 9.90 Å². The van der Waals surface area contributed by atoms with Gasteiger partial charge >= 0.3 is 5.97 Å². The van der Waals surface area contributed by atoms with Gasteiger partial charge in [0.05, 0.1) is 21.8 Å². The lowest BCUT2D eigenvalue weighted by atomic mass is 9.76. The van der Waals surface area contributed by atoms with Crippen molar-refractivity contribution < 1.29 is 9.90 Å². The van der Waals surface area contributed by atoms with Crippen molar-refractivity contribution in [2.75, 3.05) is 0 Å². The third-order valence-corrected chi connectivity index (χ3v) is 4.58. The van der Waals surface area contributed by atoms with E-state index in [1.807, 2.05) is 20.9 Å². The van der Waals surface area contributed by atoms with E-state index in [1.54, 1.807) is 4.68 Å². The third kappa shape index (κ3) is 3.35.